The predicted molar refractivity (Wildman–Crippen MR) is 61.2 cm³/mol. The quantitative estimate of drug-likeness (QED) is 0.773. The molecule has 0 saturated carbocycles. The Morgan fingerprint density at radius 3 is 2.56 bits per heavy atom. The van der Waals surface area contributed by atoms with Crippen molar-refractivity contribution in [2.75, 3.05) is 26.7 Å². The summed E-state index contributed by atoms with van der Waals surface area (Å²) in [4.78, 5) is 0. The first kappa shape index (κ1) is 15.7. The molecular weight excluding hydrogens is 271 g/mol. The Morgan fingerprint density at radius 1 is 1.33 bits per heavy atom. The fourth-order valence-corrected chi connectivity index (χ4v) is 3.44. The molecule has 0 aromatic carbocycles. The lowest BCUT2D eigenvalue weighted by molar-refractivity contribution is -0.121. The number of halogens is 3. The summed E-state index contributed by atoms with van der Waals surface area (Å²) in [5.41, 5.74) is 0. The van der Waals surface area contributed by atoms with Crippen LogP contribution in [0, 0.1) is 0 Å². The number of nitrogens with zero attached hydrogens (tertiary/aromatic N) is 1. The summed E-state index contributed by atoms with van der Waals surface area (Å²) < 4.78 is 62.5. The zero-order valence-electron chi connectivity index (χ0n) is 10.1. The van der Waals surface area contributed by atoms with E-state index in [9.17, 15) is 21.6 Å². The minimum absolute atomic E-state index is 0.263. The highest BCUT2D eigenvalue weighted by Gasteiger charge is 2.35. The lowest BCUT2D eigenvalue weighted by Gasteiger charge is -2.34. The summed E-state index contributed by atoms with van der Waals surface area (Å²) in [7, 11) is -2.38. The van der Waals surface area contributed by atoms with Gasteiger partial charge in [-0.2, -0.15) is 30.6 Å². The molecule has 1 aliphatic rings. The third-order valence-corrected chi connectivity index (χ3v) is 4.38. The van der Waals surface area contributed by atoms with Crippen LogP contribution in [0.25, 0.3) is 0 Å². The van der Waals surface area contributed by atoms with Gasteiger partial charge in [0.1, 0.15) is 6.54 Å². The van der Waals surface area contributed by atoms with Crippen molar-refractivity contribution in [3.63, 3.8) is 0 Å². The normalized spacial score (nSPS) is 23.2. The SMILES string of the molecule is CNCC1CCCCN1S(=O)(=O)NCC(F)(F)F. The Hall–Kier alpha value is -0.380. The standard InChI is InChI=1S/C9H18F3N3O2S/c1-13-6-8-4-2-3-5-15(8)18(16,17)14-7-9(10,11)12/h8,13-14H,2-7H2,1H3. The van der Waals surface area contributed by atoms with Crippen LogP contribution in [-0.2, 0) is 10.2 Å². The van der Waals surface area contributed by atoms with E-state index in [2.05, 4.69) is 5.32 Å². The zero-order valence-corrected chi connectivity index (χ0v) is 10.9. The Labute approximate surface area is 105 Å². The minimum Gasteiger partial charge on any atom is -0.318 e. The van der Waals surface area contributed by atoms with Gasteiger partial charge in [-0.3, -0.25) is 0 Å². The fraction of sp³-hybridized carbons (Fsp3) is 1.00. The first-order valence-electron chi connectivity index (χ1n) is 5.74. The van der Waals surface area contributed by atoms with E-state index in [1.165, 1.54) is 0 Å². The van der Waals surface area contributed by atoms with Crippen LogP contribution in [-0.4, -0.2) is 51.6 Å². The van der Waals surface area contributed by atoms with Crippen molar-refractivity contribution in [3.8, 4) is 0 Å². The molecule has 1 rings (SSSR count). The largest absolute Gasteiger partial charge is 0.402 e. The summed E-state index contributed by atoms with van der Waals surface area (Å²) >= 11 is 0. The van der Waals surface area contributed by atoms with Gasteiger partial charge in [-0.15, -0.1) is 0 Å². The number of piperidine rings is 1. The smallest absolute Gasteiger partial charge is 0.318 e. The molecule has 1 fully saturated rings. The lowest BCUT2D eigenvalue weighted by Crippen LogP contribution is -2.53. The first-order valence-corrected chi connectivity index (χ1v) is 7.18. The van der Waals surface area contributed by atoms with Gasteiger partial charge in [0.25, 0.3) is 10.2 Å². The van der Waals surface area contributed by atoms with E-state index in [-0.39, 0.29) is 12.6 Å². The van der Waals surface area contributed by atoms with Crippen molar-refractivity contribution in [3.05, 3.63) is 0 Å². The van der Waals surface area contributed by atoms with E-state index < -0.39 is 22.9 Å². The zero-order chi connectivity index (χ0) is 13.8. The molecule has 9 heteroatoms. The monoisotopic (exact) mass is 289 g/mol. The minimum atomic E-state index is -4.54. The molecule has 0 spiro atoms. The molecule has 5 nitrogen and oxygen atoms in total. The van der Waals surface area contributed by atoms with Crippen LogP contribution in [0.2, 0.25) is 0 Å². The number of likely N-dealkylation sites (N-methyl/N-ethyl adjacent to an activating group) is 1. The summed E-state index contributed by atoms with van der Waals surface area (Å²) in [6.07, 6.45) is -2.32. The molecule has 108 valence electrons. The van der Waals surface area contributed by atoms with Crippen molar-refractivity contribution in [1.29, 1.82) is 0 Å². The average Bonchev–Trinajstić information content (AvgIpc) is 2.27. The Kier molecular flexibility index (Phi) is 5.38. The second kappa shape index (κ2) is 6.18. The van der Waals surface area contributed by atoms with Crippen LogP contribution in [0.15, 0.2) is 0 Å². The van der Waals surface area contributed by atoms with Crippen LogP contribution in [0.1, 0.15) is 19.3 Å². The van der Waals surface area contributed by atoms with E-state index >= 15 is 0 Å². The highest BCUT2D eigenvalue weighted by molar-refractivity contribution is 7.87. The second-order valence-corrected chi connectivity index (χ2v) is 5.97. The average molecular weight is 289 g/mol. The van der Waals surface area contributed by atoms with Gasteiger partial charge in [-0.05, 0) is 19.9 Å². The summed E-state index contributed by atoms with van der Waals surface area (Å²) in [5, 5.41) is 2.86. The van der Waals surface area contributed by atoms with Gasteiger partial charge < -0.3 is 5.32 Å². The summed E-state index contributed by atoms with van der Waals surface area (Å²) in [6, 6.07) is -0.283. The van der Waals surface area contributed by atoms with Crippen molar-refractivity contribution >= 4 is 10.2 Å². The maximum atomic E-state index is 12.0. The van der Waals surface area contributed by atoms with Gasteiger partial charge in [0, 0.05) is 19.1 Å². The van der Waals surface area contributed by atoms with Crippen molar-refractivity contribution in [2.45, 2.75) is 31.5 Å². The van der Waals surface area contributed by atoms with Crippen LogP contribution in [0.3, 0.4) is 0 Å². The maximum Gasteiger partial charge on any atom is 0.402 e. The maximum absolute atomic E-state index is 12.0. The third-order valence-electron chi connectivity index (χ3n) is 2.78. The van der Waals surface area contributed by atoms with E-state index in [0.717, 1.165) is 10.7 Å². The Bertz CT molecular complexity index is 357. The van der Waals surface area contributed by atoms with Crippen molar-refractivity contribution in [1.82, 2.24) is 14.3 Å². The summed E-state index contributed by atoms with van der Waals surface area (Å²) in [6.45, 7) is -0.829. The van der Waals surface area contributed by atoms with Gasteiger partial charge in [-0.1, -0.05) is 6.42 Å². The third kappa shape index (κ3) is 4.71. The number of rotatable bonds is 5. The molecule has 1 heterocycles. The number of nitrogens with one attached hydrogen (secondary N) is 2. The molecule has 0 radical (unpaired) electrons. The topological polar surface area (TPSA) is 61.4 Å². The van der Waals surface area contributed by atoms with E-state index in [1.54, 1.807) is 11.8 Å². The Balaban J connectivity index is 2.69. The highest BCUT2D eigenvalue weighted by atomic mass is 32.2. The molecule has 1 unspecified atom stereocenters. The van der Waals surface area contributed by atoms with E-state index in [4.69, 9.17) is 0 Å². The molecule has 1 saturated heterocycles. The molecule has 0 aromatic heterocycles. The Morgan fingerprint density at radius 2 is 2.00 bits per heavy atom. The van der Waals surface area contributed by atoms with Gasteiger partial charge in [0.05, 0.1) is 0 Å². The molecular formula is C9H18F3N3O2S. The molecule has 0 amide bonds. The molecule has 18 heavy (non-hydrogen) atoms. The molecule has 2 N–H and O–H groups in total. The van der Waals surface area contributed by atoms with E-state index in [1.807, 2.05) is 0 Å². The number of hydrogen-bond donors (Lipinski definition) is 2. The van der Waals surface area contributed by atoms with Crippen LogP contribution in [0.5, 0.6) is 0 Å². The first-order chi connectivity index (χ1) is 8.26. The lowest BCUT2D eigenvalue weighted by atomic mass is 10.1. The van der Waals surface area contributed by atoms with Crippen molar-refractivity contribution in [2.24, 2.45) is 0 Å². The number of alkyl halides is 3. The van der Waals surface area contributed by atoms with Crippen LogP contribution in [0.4, 0.5) is 13.2 Å². The number of hydrogen-bond acceptors (Lipinski definition) is 3. The predicted octanol–water partition coefficient (Wildman–Crippen LogP) is 0.457. The molecule has 1 atom stereocenters. The van der Waals surface area contributed by atoms with Gasteiger partial charge in [0.15, 0.2) is 0 Å². The highest BCUT2D eigenvalue weighted by Crippen LogP contribution is 2.20. The van der Waals surface area contributed by atoms with Crippen LogP contribution < -0.4 is 10.0 Å². The van der Waals surface area contributed by atoms with Gasteiger partial charge in [-0.25, -0.2) is 0 Å². The fourth-order valence-electron chi connectivity index (χ4n) is 1.99. The molecule has 0 bridgehead atoms. The molecule has 0 aliphatic carbocycles. The second-order valence-electron chi connectivity index (χ2n) is 4.26. The van der Waals surface area contributed by atoms with E-state index in [0.29, 0.717) is 19.4 Å². The van der Waals surface area contributed by atoms with Gasteiger partial charge in [0.2, 0.25) is 0 Å². The van der Waals surface area contributed by atoms with Crippen molar-refractivity contribution < 1.29 is 21.6 Å². The van der Waals surface area contributed by atoms with Gasteiger partial charge >= 0.3 is 6.18 Å². The summed E-state index contributed by atoms with van der Waals surface area (Å²) in [5.74, 6) is 0. The molecule has 0 aromatic rings. The van der Waals surface area contributed by atoms with Crippen LogP contribution >= 0.6 is 0 Å². The molecule has 1 aliphatic heterocycles.